The number of rotatable bonds is 5. The number of nitrogens with zero attached hydrogens (tertiary/aromatic N) is 2. The Morgan fingerprint density at radius 2 is 2.03 bits per heavy atom. The van der Waals surface area contributed by atoms with Crippen molar-refractivity contribution in [2.75, 3.05) is 6.54 Å². The third-order valence-electron chi connectivity index (χ3n) is 4.52. The van der Waals surface area contributed by atoms with Crippen LogP contribution in [0.3, 0.4) is 0 Å². The van der Waals surface area contributed by atoms with E-state index in [-0.39, 0.29) is 24.4 Å². The number of halogens is 3. The minimum absolute atomic E-state index is 0.131. The normalized spacial score (nSPS) is 16.7. The molecule has 3 rings (SSSR count). The minimum atomic E-state index is -4.49. The van der Waals surface area contributed by atoms with E-state index in [4.69, 9.17) is 4.42 Å². The van der Waals surface area contributed by atoms with Crippen LogP contribution in [0.15, 0.2) is 40.8 Å². The van der Waals surface area contributed by atoms with E-state index < -0.39 is 40.4 Å². The van der Waals surface area contributed by atoms with Crippen LogP contribution in [0.5, 0.6) is 0 Å². The van der Waals surface area contributed by atoms with E-state index in [9.17, 15) is 32.9 Å². The number of hydrogen-bond acceptors (Lipinski definition) is 5. The first kappa shape index (κ1) is 20.4. The summed E-state index contributed by atoms with van der Waals surface area (Å²) < 4.78 is 43.2. The average Bonchev–Trinajstić information content (AvgIpc) is 3.35. The number of likely N-dealkylation sites (tertiary alicyclic amines) is 1. The van der Waals surface area contributed by atoms with E-state index in [0.717, 1.165) is 24.3 Å². The van der Waals surface area contributed by atoms with Gasteiger partial charge in [-0.25, -0.2) is 0 Å². The molecule has 29 heavy (non-hydrogen) atoms. The Morgan fingerprint density at radius 1 is 1.28 bits per heavy atom. The molecule has 1 fully saturated rings. The number of carbonyl (C=O) groups excluding carboxylic acids is 2. The molecule has 1 atom stereocenters. The van der Waals surface area contributed by atoms with Gasteiger partial charge in [0.05, 0.1) is 11.6 Å². The van der Waals surface area contributed by atoms with Gasteiger partial charge in [0, 0.05) is 13.1 Å². The van der Waals surface area contributed by atoms with E-state index >= 15 is 0 Å². The number of nitro groups is 1. The number of nitrogens with one attached hydrogen (secondary N) is 1. The summed E-state index contributed by atoms with van der Waals surface area (Å²) in [7, 11) is 0. The Bertz CT molecular complexity index is 941. The van der Waals surface area contributed by atoms with Gasteiger partial charge in [-0.15, -0.1) is 0 Å². The second-order valence-electron chi connectivity index (χ2n) is 6.47. The summed E-state index contributed by atoms with van der Waals surface area (Å²) in [4.78, 5) is 36.2. The summed E-state index contributed by atoms with van der Waals surface area (Å²) in [6.45, 7) is 0.127. The molecule has 0 saturated carbocycles. The molecule has 0 spiro atoms. The predicted octanol–water partition coefficient (Wildman–Crippen LogP) is 3.13. The minimum Gasteiger partial charge on any atom is -0.395 e. The number of alkyl halides is 3. The lowest BCUT2D eigenvalue weighted by Crippen LogP contribution is -2.45. The van der Waals surface area contributed by atoms with E-state index in [0.29, 0.717) is 12.8 Å². The van der Waals surface area contributed by atoms with Crippen molar-refractivity contribution in [1.29, 1.82) is 0 Å². The van der Waals surface area contributed by atoms with Gasteiger partial charge < -0.3 is 14.6 Å². The molecule has 1 aromatic carbocycles. The highest BCUT2D eigenvalue weighted by Gasteiger charge is 2.36. The van der Waals surface area contributed by atoms with Crippen LogP contribution in [0.1, 0.15) is 34.5 Å². The van der Waals surface area contributed by atoms with Gasteiger partial charge in [-0.2, -0.15) is 13.2 Å². The molecular formula is C18H16F3N3O5. The van der Waals surface area contributed by atoms with Crippen LogP contribution in [0.4, 0.5) is 19.1 Å². The highest BCUT2D eigenvalue weighted by Crippen LogP contribution is 2.29. The highest BCUT2D eigenvalue weighted by molar-refractivity contribution is 5.96. The monoisotopic (exact) mass is 411 g/mol. The highest BCUT2D eigenvalue weighted by atomic mass is 19.4. The lowest BCUT2D eigenvalue weighted by molar-refractivity contribution is -0.402. The zero-order valence-electron chi connectivity index (χ0n) is 14.9. The van der Waals surface area contributed by atoms with Gasteiger partial charge in [-0.05, 0) is 36.6 Å². The standard InChI is InChI=1S/C18H16F3N3O5/c19-18(20,21)12-4-1-3-11(9-12)10-22-16(25)13-5-2-8-23(13)17(26)14-6-7-15(29-14)24(27)28/h1,3-4,6-7,9,13H,2,5,8,10H2,(H,22,25). The quantitative estimate of drug-likeness (QED) is 0.601. The molecule has 2 heterocycles. The fourth-order valence-electron chi connectivity index (χ4n) is 3.13. The van der Waals surface area contributed by atoms with E-state index in [2.05, 4.69) is 5.32 Å². The third kappa shape index (κ3) is 4.55. The molecule has 0 aliphatic carbocycles. The van der Waals surface area contributed by atoms with Crippen molar-refractivity contribution in [1.82, 2.24) is 10.2 Å². The summed E-state index contributed by atoms with van der Waals surface area (Å²) in [5.74, 6) is -2.02. The van der Waals surface area contributed by atoms with Crippen LogP contribution in [-0.2, 0) is 17.5 Å². The van der Waals surface area contributed by atoms with Crippen LogP contribution in [0.25, 0.3) is 0 Å². The summed E-state index contributed by atoms with van der Waals surface area (Å²) in [6.07, 6.45) is -3.58. The first-order chi connectivity index (χ1) is 13.7. The fourth-order valence-corrected chi connectivity index (χ4v) is 3.13. The number of amides is 2. The average molecular weight is 411 g/mol. The van der Waals surface area contributed by atoms with Gasteiger partial charge in [-0.1, -0.05) is 12.1 Å². The van der Waals surface area contributed by atoms with Crippen molar-refractivity contribution >= 4 is 17.7 Å². The van der Waals surface area contributed by atoms with Crippen LogP contribution < -0.4 is 5.32 Å². The summed E-state index contributed by atoms with van der Waals surface area (Å²) in [6, 6.07) is 5.96. The van der Waals surface area contributed by atoms with Crippen LogP contribution in [-0.4, -0.2) is 34.2 Å². The lowest BCUT2D eigenvalue weighted by atomic mass is 10.1. The molecule has 1 N–H and O–H groups in total. The third-order valence-corrected chi connectivity index (χ3v) is 4.52. The second kappa shape index (κ2) is 7.94. The number of carbonyl (C=O) groups is 2. The van der Waals surface area contributed by atoms with Crippen molar-refractivity contribution in [2.24, 2.45) is 0 Å². The number of furan rings is 1. The lowest BCUT2D eigenvalue weighted by Gasteiger charge is -2.23. The fraction of sp³-hybridized carbons (Fsp3) is 0.333. The van der Waals surface area contributed by atoms with Crippen LogP contribution in [0.2, 0.25) is 0 Å². The van der Waals surface area contributed by atoms with Crippen LogP contribution >= 0.6 is 0 Å². The maximum absolute atomic E-state index is 12.8. The van der Waals surface area contributed by atoms with Gasteiger partial charge in [0.1, 0.15) is 11.0 Å². The van der Waals surface area contributed by atoms with E-state index in [1.165, 1.54) is 17.0 Å². The molecule has 8 nitrogen and oxygen atoms in total. The number of hydrogen-bond donors (Lipinski definition) is 1. The summed E-state index contributed by atoms with van der Waals surface area (Å²) in [5, 5.41) is 13.2. The molecular weight excluding hydrogens is 395 g/mol. The zero-order chi connectivity index (χ0) is 21.2. The molecule has 1 aliphatic rings. The topological polar surface area (TPSA) is 106 Å². The van der Waals surface area contributed by atoms with Crippen molar-refractivity contribution in [3.63, 3.8) is 0 Å². The molecule has 154 valence electrons. The van der Waals surface area contributed by atoms with Gasteiger partial charge in [0.2, 0.25) is 5.91 Å². The Kier molecular flexibility index (Phi) is 5.57. The van der Waals surface area contributed by atoms with Crippen LogP contribution in [0, 0.1) is 10.1 Å². The summed E-state index contributed by atoms with van der Waals surface area (Å²) >= 11 is 0. The predicted molar refractivity (Wildman–Crippen MR) is 92.7 cm³/mol. The molecule has 2 amide bonds. The van der Waals surface area contributed by atoms with Gasteiger partial charge in [-0.3, -0.25) is 19.7 Å². The van der Waals surface area contributed by atoms with Gasteiger partial charge >= 0.3 is 12.1 Å². The molecule has 0 radical (unpaired) electrons. The summed E-state index contributed by atoms with van der Waals surface area (Å²) in [5.41, 5.74) is -0.549. The Morgan fingerprint density at radius 3 is 2.69 bits per heavy atom. The van der Waals surface area contributed by atoms with E-state index in [1.54, 1.807) is 0 Å². The van der Waals surface area contributed by atoms with Gasteiger partial charge in [0.15, 0.2) is 5.76 Å². The van der Waals surface area contributed by atoms with Crippen molar-refractivity contribution < 1.29 is 32.1 Å². The maximum Gasteiger partial charge on any atom is 0.433 e. The Balaban J connectivity index is 1.65. The zero-order valence-corrected chi connectivity index (χ0v) is 14.9. The first-order valence-electron chi connectivity index (χ1n) is 8.66. The Labute approximate surface area is 162 Å². The maximum atomic E-state index is 12.8. The largest absolute Gasteiger partial charge is 0.433 e. The molecule has 11 heteroatoms. The smallest absolute Gasteiger partial charge is 0.395 e. The molecule has 2 aromatic rings. The Hall–Kier alpha value is -3.37. The second-order valence-corrected chi connectivity index (χ2v) is 6.47. The SMILES string of the molecule is O=C(NCc1cccc(C(F)(F)F)c1)C1CCCN1C(=O)c1ccc([N+](=O)[O-])o1. The van der Waals surface area contributed by atoms with Gasteiger partial charge in [0.25, 0.3) is 5.91 Å². The van der Waals surface area contributed by atoms with Crippen molar-refractivity contribution in [2.45, 2.75) is 31.6 Å². The van der Waals surface area contributed by atoms with Crippen molar-refractivity contribution in [3.05, 3.63) is 63.4 Å². The van der Waals surface area contributed by atoms with E-state index in [1.807, 2.05) is 0 Å². The molecule has 1 saturated heterocycles. The molecule has 1 unspecified atom stereocenters. The van der Waals surface area contributed by atoms with Crippen molar-refractivity contribution in [3.8, 4) is 0 Å². The molecule has 1 aromatic heterocycles. The first-order valence-corrected chi connectivity index (χ1v) is 8.66. The molecule has 0 bridgehead atoms. The number of benzene rings is 1. The molecule has 1 aliphatic heterocycles.